The van der Waals surface area contributed by atoms with Crippen LogP contribution in [0.2, 0.25) is 6.04 Å². The first-order valence-corrected chi connectivity index (χ1v) is 6.59. The fourth-order valence-electron chi connectivity index (χ4n) is 0.986. The molecule has 12 heavy (non-hydrogen) atoms. The molecule has 0 aromatic carbocycles. The van der Waals surface area contributed by atoms with Crippen molar-refractivity contribution in [2.45, 2.75) is 19.4 Å². The summed E-state index contributed by atoms with van der Waals surface area (Å²) >= 11 is 0. The van der Waals surface area contributed by atoms with E-state index in [-0.39, 0.29) is 0 Å². The summed E-state index contributed by atoms with van der Waals surface area (Å²) in [6, 6.07) is 1.11. The summed E-state index contributed by atoms with van der Waals surface area (Å²) in [6.45, 7) is 17.5. The molecule has 0 amide bonds. The molecular weight excluding hydrogens is 160 g/mol. The van der Waals surface area contributed by atoms with Crippen LogP contribution >= 0.6 is 0 Å². The summed E-state index contributed by atoms with van der Waals surface area (Å²) in [5.74, 6) is 0. The number of hydrogen-bond donors (Lipinski definition) is 0. The van der Waals surface area contributed by atoms with E-state index in [1.54, 1.807) is 0 Å². The Kier molecular flexibility index (Phi) is 4.60. The molecule has 0 unspecified atom stereocenters. The lowest BCUT2D eigenvalue weighted by Crippen LogP contribution is -2.26. The molecule has 0 aliphatic carbocycles. The third-order valence-electron chi connectivity index (χ3n) is 2.12. The highest BCUT2D eigenvalue weighted by Crippen LogP contribution is 2.18. The Balaban J connectivity index is 4.30. The predicted molar refractivity (Wildman–Crippen MR) is 60.6 cm³/mol. The third-order valence-corrected chi connectivity index (χ3v) is 5.52. The van der Waals surface area contributed by atoms with Gasteiger partial charge in [-0.2, -0.15) is 0 Å². The SMILES string of the molecule is C=C[Si](C=C)(C=C)CCC(=C)C. The summed E-state index contributed by atoms with van der Waals surface area (Å²) in [5.41, 5.74) is 7.29. The second-order valence-corrected chi connectivity index (χ2v) is 7.13. The zero-order valence-electron chi connectivity index (χ0n) is 7.97. The molecule has 0 heterocycles. The second-order valence-electron chi connectivity index (χ2n) is 3.18. The van der Waals surface area contributed by atoms with E-state index in [0.717, 1.165) is 12.5 Å². The highest BCUT2D eigenvalue weighted by atomic mass is 28.3. The van der Waals surface area contributed by atoms with Crippen molar-refractivity contribution < 1.29 is 0 Å². The standard InChI is InChI=1S/C11H18Si/c1-6-12(7-2,8-3)10-9-11(4)5/h6-8H,1-4,9-10H2,5H3. The van der Waals surface area contributed by atoms with E-state index >= 15 is 0 Å². The molecule has 0 aromatic rings. The lowest BCUT2D eigenvalue weighted by atomic mass is 10.3. The van der Waals surface area contributed by atoms with E-state index in [1.165, 1.54) is 5.57 Å². The first-order chi connectivity index (χ1) is 5.60. The van der Waals surface area contributed by atoms with Crippen molar-refractivity contribution in [2.24, 2.45) is 0 Å². The first-order valence-electron chi connectivity index (χ1n) is 4.15. The van der Waals surface area contributed by atoms with Gasteiger partial charge in [0, 0.05) is 0 Å². The lowest BCUT2D eigenvalue weighted by molar-refractivity contribution is 1.08. The highest BCUT2D eigenvalue weighted by molar-refractivity contribution is 6.93. The van der Waals surface area contributed by atoms with E-state index in [1.807, 2.05) is 17.1 Å². The average molecular weight is 178 g/mol. The summed E-state index contributed by atoms with van der Waals surface area (Å²) in [5, 5.41) is 0. The molecule has 0 radical (unpaired) electrons. The van der Waals surface area contributed by atoms with E-state index < -0.39 is 8.07 Å². The molecular formula is C11H18Si. The summed E-state index contributed by atoms with van der Waals surface area (Å²) in [4.78, 5) is 0. The smallest absolute Gasteiger partial charge is 0.106 e. The summed E-state index contributed by atoms with van der Waals surface area (Å²) in [6.07, 6.45) is 1.05. The van der Waals surface area contributed by atoms with Gasteiger partial charge in [0.05, 0.1) is 0 Å². The van der Waals surface area contributed by atoms with Crippen LogP contribution in [0, 0.1) is 0 Å². The number of allylic oxidation sites excluding steroid dienone is 1. The van der Waals surface area contributed by atoms with Gasteiger partial charge in [0.15, 0.2) is 0 Å². The largest absolute Gasteiger partial charge is 0.124 e. The molecule has 0 nitrogen and oxygen atoms in total. The third kappa shape index (κ3) is 3.05. The maximum atomic E-state index is 3.88. The Hall–Kier alpha value is -0.823. The van der Waals surface area contributed by atoms with Crippen molar-refractivity contribution in [3.8, 4) is 0 Å². The van der Waals surface area contributed by atoms with Crippen LogP contribution in [0.5, 0.6) is 0 Å². The molecule has 0 bridgehead atoms. The van der Waals surface area contributed by atoms with Crippen molar-refractivity contribution in [2.75, 3.05) is 0 Å². The molecule has 0 atom stereocenters. The zero-order valence-corrected chi connectivity index (χ0v) is 8.97. The van der Waals surface area contributed by atoms with Gasteiger partial charge in [-0.25, -0.2) is 0 Å². The Morgan fingerprint density at radius 3 is 1.83 bits per heavy atom. The Morgan fingerprint density at radius 1 is 1.17 bits per heavy atom. The van der Waals surface area contributed by atoms with Crippen molar-refractivity contribution in [3.05, 3.63) is 49.0 Å². The van der Waals surface area contributed by atoms with Crippen LogP contribution in [0.4, 0.5) is 0 Å². The fourth-order valence-corrected chi connectivity index (χ4v) is 2.96. The minimum absolute atomic E-state index is 1.05. The molecule has 1 heteroatoms. The van der Waals surface area contributed by atoms with E-state index in [4.69, 9.17) is 0 Å². The van der Waals surface area contributed by atoms with Crippen LogP contribution in [0.3, 0.4) is 0 Å². The van der Waals surface area contributed by atoms with Crippen molar-refractivity contribution >= 4 is 8.07 Å². The van der Waals surface area contributed by atoms with Crippen molar-refractivity contribution in [3.63, 3.8) is 0 Å². The van der Waals surface area contributed by atoms with Crippen molar-refractivity contribution in [1.82, 2.24) is 0 Å². The molecule has 0 fully saturated rings. The quantitative estimate of drug-likeness (QED) is 0.431. The van der Waals surface area contributed by atoms with E-state index in [9.17, 15) is 0 Å². The molecule has 0 aliphatic rings. The van der Waals surface area contributed by atoms with Crippen LogP contribution < -0.4 is 0 Å². The predicted octanol–water partition coefficient (Wildman–Crippen LogP) is 3.58. The van der Waals surface area contributed by atoms with Crippen LogP contribution in [-0.4, -0.2) is 8.07 Å². The number of rotatable bonds is 6. The topological polar surface area (TPSA) is 0 Å². The van der Waals surface area contributed by atoms with Gasteiger partial charge >= 0.3 is 0 Å². The molecule has 66 valence electrons. The first kappa shape index (κ1) is 11.2. The molecule has 0 spiro atoms. The number of hydrogen-bond acceptors (Lipinski definition) is 0. The molecule has 0 N–H and O–H groups in total. The van der Waals surface area contributed by atoms with E-state index in [2.05, 4.69) is 33.2 Å². The van der Waals surface area contributed by atoms with Gasteiger partial charge in [-0.3, -0.25) is 0 Å². The summed E-state index contributed by atoms with van der Waals surface area (Å²) in [7, 11) is -1.55. The monoisotopic (exact) mass is 178 g/mol. The van der Waals surface area contributed by atoms with Gasteiger partial charge in [0.1, 0.15) is 8.07 Å². The van der Waals surface area contributed by atoms with Crippen LogP contribution in [0.25, 0.3) is 0 Å². The second kappa shape index (κ2) is 4.94. The van der Waals surface area contributed by atoms with Crippen LogP contribution in [0.15, 0.2) is 49.0 Å². The minimum atomic E-state index is -1.55. The lowest BCUT2D eigenvalue weighted by Gasteiger charge is -2.19. The van der Waals surface area contributed by atoms with Gasteiger partial charge < -0.3 is 0 Å². The van der Waals surface area contributed by atoms with Crippen LogP contribution in [-0.2, 0) is 0 Å². The van der Waals surface area contributed by atoms with Crippen LogP contribution in [0.1, 0.15) is 13.3 Å². The summed E-state index contributed by atoms with van der Waals surface area (Å²) < 4.78 is 0. The average Bonchev–Trinajstić information content (AvgIpc) is 2.08. The fraction of sp³-hybridized carbons (Fsp3) is 0.273. The molecule has 0 rings (SSSR count). The highest BCUT2D eigenvalue weighted by Gasteiger charge is 2.20. The Bertz CT molecular complexity index is 179. The Labute approximate surface area is 77.0 Å². The van der Waals surface area contributed by atoms with E-state index in [0.29, 0.717) is 0 Å². The minimum Gasteiger partial charge on any atom is -0.106 e. The maximum absolute atomic E-state index is 3.88. The maximum Gasteiger partial charge on any atom is 0.124 e. The van der Waals surface area contributed by atoms with Gasteiger partial charge in [-0.05, 0) is 19.4 Å². The van der Waals surface area contributed by atoms with Gasteiger partial charge in [-0.1, -0.05) is 22.7 Å². The molecule has 0 aromatic heterocycles. The Morgan fingerprint density at radius 2 is 1.58 bits per heavy atom. The van der Waals surface area contributed by atoms with Crippen molar-refractivity contribution in [1.29, 1.82) is 0 Å². The molecule has 0 saturated heterocycles. The van der Waals surface area contributed by atoms with Gasteiger partial charge in [0.25, 0.3) is 0 Å². The zero-order chi connectivity index (χ0) is 9.61. The van der Waals surface area contributed by atoms with Gasteiger partial charge in [-0.15, -0.1) is 26.3 Å². The molecule has 0 aliphatic heterocycles. The van der Waals surface area contributed by atoms with Gasteiger partial charge in [0.2, 0.25) is 0 Å². The normalized spacial score (nSPS) is 10.4. The molecule has 0 saturated carbocycles.